The monoisotopic (exact) mass is 419 g/mol. The topological polar surface area (TPSA) is 69.0 Å². The van der Waals surface area contributed by atoms with Gasteiger partial charge < -0.3 is 18.8 Å². The predicted octanol–water partition coefficient (Wildman–Crippen LogP) is 4.01. The number of rotatable bonds is 6. The van der Waals surface area contributed by atoms with E-state index < -0.39 is 5.97 Å². The number of esters is 1. The Morgan fingerprint density at radius 2 is 1.97 bits per heavy atom. The minimum atomic E-state index is -0.444. The van der Waals surface area contributed by atoms with E-state index in [4.69, 9.17) is 13.9 Å². The van der Waals surface area contributed by atoms with Crippen LogP contribution in [0.1, 0.15) is 33.7 Å². The number of carbonyl (C=O) groups is 1. The second kappa shape index (κ2) is 8.78. The number of hydrogen-bond acceptors (Lipinski definition) is 6. The molecule has 0 amide bonds. The average molecular weight is 419 g/mol. The molecule has 0 saturated carbocycles. The molecule has 0 N–H and O–H groups in total. The number of methoxy groups -OCH3 is 1. The molecular weight excluding hydrogens is 394 g/mol. The van der Waals surface area contributed by atoms with E-state index in [9.17, 15) is 9.59 Å². The fourth-order valence-electron chi connectivity index (χ4n) is 3.74. The molecule has 0 aliphatic heterocycles. The van der Waals surface area contributed by atoms with Gasteiger partial charge in [0.1, 0.15) is 23.7 Å². The first-order valence-electron chi connectivity index (χ1n) is 10.2. The van der Waals surface area contributed by atoms with Crippen LogP contribution in [0.15, 0.2) is 51.7 Å². The van der Waals surface area contributed by atoms with Gasteiger partial charge in [0, 0.05) is 17.7 Å². The van der Waals surface area contributed by atoms with Crippen LogP contribution in [0, 0.1) is 0 Å². The Morgan fingerprint density at radius 1 is 1.16 bits per heavy atom. The van der Waals surface area contributed by atoms with Crippen molar-refractivity contribution in [2.24, 2.45) is 0 Å². The number of hydrogen-bond donors (Lipinski definition) is 0. The van der Waals surface area contributed by atoms with Crippen LogP contribution >= 0.6 is 0 Å². The Labute approximate surface area is 180 Å². The number of fused-ring (bicyclic) bond motifs is 2. The average Bonchev–Trinajstić information content (AvgIpc) is 3.16. The third-order valence-electron chi connectivity index (χ3n) is 5.40. The molecule has 6 nitrogen and oxygen atoms in total. The highest BCUT2D eigenvalue weighted by atomic mass is 16.5. The Bertz CT molecular complexity index is 1220. The number of ether oxygens (including phenoxy) is 2. The second-order valence-corrected chi connectivity index (χ2v) is 7.80. The minimum absolute atomic E-state index is 0.0948. The fraction of sp³-hybridized carbons (Fsp3) is 0.280. The van der Waals surface area contributed by atoms with Crippen LogP contribution in [-0.2, 0) is 11.2 Å². The van der Waals surface area contributed by atoms with Crippen molar-refractivity contribution in [2.45, 2.75) is 12.8 Å². The highest BCUT2D eigenvalue weighted by molar-refractivity contribution is 5.95. The summed E-state index contributed by atoms with van der Waals surface area (Å²) in [6, 6.07) is 12.6. The molecule has 1 heterocycles. The first kappa shape index (κ1) is 20.9. The van der Waals surface area contributed by atoms with Crippen molar-refractivity contribution in [1.29, 1.82) is 0 Å². The molecule has 0 atom stereocenters. The number of allylic oxidation sites excluding steroid dienone is 1. The van der Waals surface area contributed by atoms with Gasteiger partial charge in [0.25, 0.3) is 0 Å². The van der Waals surface area contributed by atoms with E-state index in [-0.39, 0.29) is 5.43 Å². The lowest BCUT2D eigenvalue weighted by molar-refractivity contribution is 0.0482. The molecule has 2 aromatic carbocycles. The van der Waals surface area contributed by atoms with Gasteiger partial charge in [0.05, 0.1) is 18.1 Å². The van der Waals surface area contributed by atoms with Crippen molar-refractivity contribution in [3.8, 4) is 5.75 Å². The Hall–Kier alpha value is -3.38. The molecule has 31 heavy (non-hydrogen) atoms. The third-order valence-corrected chi connectivity index (χ3v) is 5.40. The molecule has 1 aliphatic carbocycles. The minimum Gasteiger partial charge on any atom is -0.496 e. The van der Waals surface area contributed by atoms with E-state index in [1.54, 1.807) is 25.3 Å². The quantitative estimate of drug-likeness (QED) is 0.563. The molecular formula is C25H25NO5. The summed E-state index contributed by atoms with van der Waals surface area (Å²) in [6.45, 7) is 0.927. The van der Waals surface area contributed by atoms with Crippen molar-refractivity contribution in [3.63, 3.8) is 0 Å². The van der Waals surface area contributed by atoms with Crippen LogP contribution in [0.25, 0.3) is 22.6 Å². The Morgan fingerprint density at radius 3 is 2.74 bits per heavy atom. The number of nitrogens with zero attached hydrogens (tertiary/aromatic N) is 1. The second-order valence-electron chi connectivity index (χ2n) is 7.80. The van der Waals surface area contributed by atoms with Crippen molar-refractivity contribution in [3.05, 3.63) is 75.1 Å². The standard InChI is InChI=1S/C25H25NO5/c1-26(2)12-13-30-25(28)18-9-11-22-20(15-18)23(27)19-10-8-17(24(19)31-22)14-16-6-4-5-7-21(16)29-3/h4-7,9,11,14-15H,8,10,12-13H2,1-3H3. The lowest BCUT2D eigenvalue weighted by atomic mass is 10.1. The van der Waals surface area contributed by atoms with Gasteiger partial charge in [-0.3, -0.25) is 4.79 Å². The highest BCUT2D eigenvalue weighted by Crippen LogP contribution is 2.35. The van der Waals surface area contributed by atoms with Crippen molar-refractivity contribution < 1.29 is 18.7 Å². The van der Waals surface area contributed by atoms with Crippen LogP contribution in [0.2, 0.25) is 0 Å². The van der Waals surface area contributed by atoms with Crippen molar-refractivity contribution in [1.82, 2.24) is 4.90 Å². The molecule has 0 fully saturated rings. The van der Waals surface area contributed by atoms with E-state index in [0.717, 1.165) is 16.9 Å². The first-order valence-corrected chi connectivity index (χ1v) is 10.2. The summed E-state index contributed by atoms with van der Waals surface area (Å²) < 4.78 is 16.8. The van der Waals surface area contributed by atoms with E-state index in [0.29, 0.717) is 53.8 Å². The highest BCUT2D eigenvalue weighted by Gasteiger charge is 2.25. The van der Waals surface area contributed by atoms with E-state index in [1.807, 2.05) is 49.3 Å². The van der Waals surface area contributed by atoms with Gasteiger partial charge in [-0.1, -0.05) is 18.2 Å². The summed E-state index contributed by atoms with van der Waals surface area (Å²) in [7, 11) is 5.45. The maximum absolute atomic E-state index is 13.1. The summed E-state index contributed by atoms with van der Waals surface area (Å²) in [5.74, 6) is 0.939. The number of carbonyl (C=O) groups excluding carboxylic acids is 1. The molecule has 6 heteroatoms. The van der Waals surface area contributed by atoms with Crippen LogP contribution < -0.4 is 10.2 Å². The molecule has 4 rings (SSSR count). The van der Waals surface area contributed by atoms with Crippen LogP contribution in [0.3, 0.4) is 0 Å². The van der Waals surface area contributed by atoms with Gasteiger partial charge in [0.2, 0.25) is 0 Å². The van der Waals surface area contributed by atoms with Crippen molar-refractivity contribution in [2.75, 3.05) is 34.4 Å². The first-order chi connectivity index (χ1) is 15.0. The zero-order valence-electron chi connectivity index (χ0n) is 17.9. The third kappa shape index (κ3) is 4.25. The maximum atomic E-state index is 13.1. The van der Waals surface area contributed by atoms with Gasteiger partial charge in [0.15, 0.2) is 5.43 Å². The summed E-state index contributed by atoms with van der Waals surface area (Å²) in [4.78, 5) is 27.4. The van der Waals surface area contributed by atoms with Crippen molar-refractivity contribution >= 4 is 28.6 Å². The molecule has 0 unspecified atom stereocenters. The number of benzene rings is 2. The molecule has 0 bridgehead atoms. The maximum Gasteiger partial charge on any atom is 0.338 e. The van der Waals surface area contributed by atoms with E-state index in [1.165, 1.54) is 0 Å². The summed E-state index contributed by atoms with van der Waals surface area (Å²) in [5.41, 5.74) is 3.26. The fourth-order valence-corrected chi connectivity index (χ4v) is 3.74. The lowest BCUT2D eigenvalue weighted by Gasteiger charge is -2.10. The molecule has 160 valence electrons. The predicted molar refractivity (Wildman–Crippen MR) is 121 cm³/mol. The number of likely N-dealkylation sites (N-methyl/N-ethyl adjacent to an activating group) is 1. The normalized spacial score (nSPS) is 14.3. The van der Waals surface area contributed by atoms with Gasteiger partial charge in [-0.2, -0.15) is 0 Å². The van der Waals surface area contributed by atoms with E-state index in [2.05, 4.69) is 0 Å². The van der Waals surface area contributed by atoms with E-state index >= 15 is 0 Å². The molecule has 1 aliphatic rings. The van der Waals surface area contributed by atoms with Crippen LogP contribution in [0.4, 0.5) is 0 Å². The smallest absolute Gasteiger partial charge is 0.338 e. The van der Waals surface area contributed by atoms with Crippen LogP contribution in [0.5, 0.6) is 5.75 Å². The summed E-state index contributed by atoms with van der Waals surface area (Å²) in [6.07, 6.45) is 3.32. The van der Waals surface area contributed by atoms with Gasteiger partial charge in [-0.25, -0.2) is 4.79 Å². The molecule has 3 aromatic rings. The van der Waals surface area contributed by atoms with Gasteiger partial charge in [-0.15, -0.1) is 0 Å². The van der Waals surface area contributed by atoms with Gasteiger partial charge in [-0.05, 0) is 62.9 Å². The zero-order chi connectivity index (χ0) is 22.0. The molecule has 1 aromatic heterocycles. The summed E-state index contributed by atoms with van der Waals surface area (Å²) >= 11 is 0. The SMILES string of the molecule is COc1ccccc1C=C1CCc2c1oc1ccc(C(=O)OCCN(C)C)cc1c2=O. The molecule has 0 radical (unpaired) electrons. The lowest BCUT2D eigenvalue weighted by Crippen LogP contribution is -2.20. The number of para-hydroxylation sites is 1. The Balaban J connectivity index is 1.69. The zero-order valence-corrected chi connectivity index (χ0v) is 17.9. The summed E-state index contributed by atoms with van der Waals surface area (Å²) in [5, 5.41) is 0.402. The Kier molecular flexibility index (Phi) is 5.91. The van der Waals surface area contributed by atoms with Gasteiger partial charge >= 0.3 is 5.97 Å². The largest absolute Gasteiger partial charge is 0.496 e. The molecule has 0 spiro atoms. The van der Waals surface area contributed by atoms with Crippen LogP contribution in [-0.4, -0.2) is 45.2 Å². The molecule has 0 saturated heterocycles.